The summed E-state index contributed by atoms with van der Waals surface area (Å²) in [6, 6.07) is 0. The molecule has 94 valence electrons. The minimum Gasteiger partial charge on any atom is -0.455 e. The molecule has 0 aliphatic heterocycles. The number of ether oxygens (including phenoxy) is 1. The van der Waals surface area contributed by atoms with Gasteiger partial charge in [0.15, 0.2) is 10.8 Å². The van der Waals surface area contributed by atoms with Crippen molar-refractivity contribution in [3.8, 4) is 0 Å². The molecule has 0 amide bonds. The van der Waals surface area contributed by atoms with Crippen LogP contribution in [-0.2, 0) is 4.74 Å². The van der Waals surface area contributed by atoms with Gasteiger partial charge in [0.25, 0.3) is 0 Å². The Balaban J connectivity index is 3.20. The maximum absolute atomic E-state index is 11.8. The summed E-state index contributed by atoms with van der Waals surface area (Å²) in [4.78, 5) is 15.5. The molecule has 0 saturated heterocycles. The van der Waals surface area contributed by atoms with Crippen molar-refractivity contribution in [3.05, 3.63) is 20.9 Å². The first-order valence-corrected chi connectivity index (χ1v) is 5.80. The number of hydrogen-bond donors (Lipinski definition) is 1. The van der Waals surface area contributed by atoms with Gasteiger partial charge in [-0.25, -0.2) is 9.78 Å². The Morgan fingerprint density at radius 2 is 1.76 bits per heavy atom. The predicted molar refractivity (Wildman–Crippen MR) is 68.8 cm³/mol. The Bertz CT molecular complexity index is 470. The molecule has 1 rings (SSSR count). The van der Waals surface area contributed by atoms with Crippen molar-refractivity contribution in [3.63, 3.8) is 0 Å². The average Bonchev–Trinajstić information content (AvgIpc) is 2.17. The summed E-state index contributed by atoms with van der Waals surface area (Å²) in [7, 11) is 0. The number of carbonyl (C=O) groups excluding carboxylic acids is 1. The fourth-order valence-electron chi connectivity index (χ4n) is 0.993. The van der Waals surface area contributed by atoms with Crippen LogP contribution in [0.1, 0.15) is 31.3 Å². The van der Waals surface area contributed by atoms with E-state index in [-0.39, 0.29) is 26.6 Å². The Hall–Kier alpha value is -0.710. The Morgan fingerprint density at radius 1 is 1.24 bits per heavy atom. The molecule has 0 aromatic carbocycles. The van der Waals surface area contributed by atoms with E-state index in [4.69, 9.17) is 45.3 Å². The zero-order valence-corrected chi connectivity index (χ0v) is 11.7. The van der Waals surface area contributed by atoms with Crippen LogP contribution in [0.25, 0.3) is 0 Å². The minimum absolute atomic E-state index is 0.00851. The number of anilines is 1. The molecule has 7 heteroatoms. The molecule has 17 heavy (non-hydrogen) atoms. The summed E-state index contributed by atoms with van der Waals surface area (Å²) in [5.74, 6) is -0.701. The van der Waals surface area contributed by atoms with Gasteiger partial charge in [-0.2, -0.15) is 0 Å². The third kappa shape index (κ3) is 3.37. The molecule has 2 N–H and O–H groups in total. The van der Waals surface area contributed by atoms with Crippen molar-refractivity contribution in [2.75, 3.05) is 5.73 Å². The van der Waals surface area contributed by atoms with Gasteiger partial charge in [0.2, 0.25) is 0 Å². The average molecular weight is 298 g/mol. The molecular weight excluding hydrogens is 286 g/mol. The van der Waals surface area contributed by atoms with E-state index in [1.165, 1.54) is 0 Å². The van der Waals surface area contributed by atoms with E-state index < -0.39 is 11.6 Å². The number of nitrogen functional groups attached to an aromatic ring is 1. The van der Waals surface area contributed by atoms with E-state index in [0.29, 0.717) is 0 Å². The number of hydrogen-bond acceptors (Lipinski definition) is 4. The fraction of sp³-hybridized carbons (Fsp3) is 0.400. The standard InChI is InChI=1S/C10H11Cl3N2O2/c1-10(2,3)17-9(16)7-4(11)6(14)5(12)8(13)15-7/h1-3H3,(H2,14,15). The molecule has 4 nitrogen and oxygen atoms in total. The third-order valence-corrected chi connectivity index (χ3v) is 2.80. The van der Waals surface area contributed by atoms with Crippen molar-refractivity contribution in [2.45, 2.75) is 26.4 Å². The van der Waals surface area contributed by atoms with Gasteiger partial charge in [-0.05, 0) is 20.8 Å². The van der Waals surface area contributed by atoms with Crippen LogP contribution in [0.15, 0.2) is 0 Å². The van der Waals surface area contributed by atoms with E-state index >= 15 is 0 Å². The van der Waals surface area contributed by atoms with E-state index in [1.807, 2.05) is 0 Å². The van der Waals surface area contributed by atoms with E-state index in [0.717, 1.165) is 0 Å². The molecule has 0 saturated carbocycles. The number of aromatic nitrogens is 1. The Morgan fingerprint density at radius 3 is 2.24 bits per heavy atom. The molecule has 1 aromatic rings. The van der Waals surface area contributed by atoms with Crippen LogP contribution < -0.4 is 5.73 Å². The predicted octanol–water partition coefficient (Wildman–Crippen LogP) is 3.58. The first kappa shape index (κ1) is 14.4. The first-order chi connectivity index (χ1) is 7.63. The number of carbonyl (C=O) groups is 1. The van der Waals surface area contributed by atoms with Gasteiger partial charge < -0.3 is 10.5 Å². The molecule has 0 bridgehead atoms. The molecule has 0 aliphatic rings. The van der Waals surface area contributed by atoms with Crippen LogP contribution in [0.4, 0.5) is 5.69 Å². The van der Waals surface area contributed by atoms with Crippen molar-refractivity contribution >= 4 is 46.5 Å². The van der Waals surface area contributed by atoms with Crippen LogP contribution in [0.3, 0.4) is 0 Å². The van der Waals surface area contributed by atoms with Crippen molar-refractivity contribution in [1.29, 1.82) is 0 Å². The van der Waals surface area contributed by atoms with E-state index in [9.17, 15) is 4.79 Å². The van der Waals surface area contributed by atoms with Gasteiger partial charge in [0.1, 0.15) is 10.6 Å². The highest BCUT2D eigenvalue weighted by molar-refractivity contribution is 6.46. The Kier molecular flexibility index (Phi) is 4.12. The SMILES string of the molecule is CC(C)(C)OC(=O)c1nc(Cl)c(Cl)c(N)c1Cl. The largest absolute Gasteiger partial charge is 0.455 e. The minimum atomic E-state index is -0.701. The summed E-state index contributed by atoms with van der Waals surface area (Å²) in [5, 5.41) is -0.132. The van der Waals surface area contributed by atoms with Crippen LogP contribution in [0.2, 0.25) is 15.2 Å². The van der Waals surface area contributed by atoms with Crippen LogP contribution >= 0.6 is 34.8 Å². The second-order valence-electron chi connectivity index (χ2n) is 4.29. The molecule has 1 heterocycles. The summed E-state index contributed by atoms with van der Waals surface area (Å²) in [6.07, 6.45) is 0. The van der Waals surface area contributed by atoms with Crippen molar-refractivity contribution in [2.24, 2.45) is 0 Å². The molecule has 0 spiro atoms. The normalized spacial score (nSPS) is 11.4. The monoisotopic (exact) mass is 296 g/mol. The summed E-state index contributed by atoms with van der Waals surface area (Å²) >= 11 is 17.3. The summed E-state index contributed by atoms with van der Waals surface area (Å²) < 4.78 is 5.11. The number of nitrogens with two attached hydrogens (primary N) is 1. The van der Waals surface area contributed by atoms with Crippen LogP contribution in [-0.4, -0.2) is 16.6 Å². The zero-order valence-electron chi connectivity index (χ0n) is 9.47. The molecule has 0 unspecified atom stereocenters. The molecule has 0 radical (unpaired) electrons. The van der Waals surface area contributed by atoms with Gasteiger partial charge in [-0.15, -0.1) is 0 Å². The summed E-state index contributed by atoms with van der Waals surface area (Å²) in [5.41, 5.74) is 4.79. The van der Waals surface area contributed by atoms with Gasteiger partial charge in [0.05, 0.1) is 10.7 Å². The molecule has 1 aromatic heterocycles. The van der Waals surface area contributed by atoms with E-state index in [2.05, 4.69) is 4.98 Å². The number of esters is 1. The number of halogens is 3. The van der Waals surface area contributed by atoms with Gasteiger partial charge >= 0.3 is 5.97 Å². The lowest BCUT2D eigenvalue weighted by Crippen LogP contribution is -2.25. The lowest BCUT2D eigenvalue weighted by Gasteiger charge is -2.19. The van der Waals surface area contributed by atoms with Gasteiger partial charge in [0, 0.05) is 0 Å². The maximum atomic E-state index is 11.8. The highest BCUT2D eigenvalue weighted by Gasteiger charge is 2.24. The second kappa shape index (κ2) is 4.88. The van der Waals surface area contributed by atoms with Crippen molar-refractivity contribution < 1.29 is 9.53 Å². The maximum Gasteiger partial charge on any atom is 0.359 e. The molecule has 0 fully saturated rings. The summed E-state index contributed by atoms with van der Waals surface area (Å²) in [6.45, 7) is 5.17. The van der Waals surface area contributed by atoms with Gasteiger partial charge in [-0.3, -0.25) is 0 Å². The lowest BCUT2D eigenvalue weighted by atomic mass is 10.2. The van der Waals surface area contributed by atoms with Crippen LogP contribution in [0.5, 0.6) is 0 Å². The third-order valence-electron chi connectivity index (χ3n) is 1.66. The van der Waals surface area contributed by atoms with Crippen molar-refractivity contribution in [1.82, 2.24) is 4.98 Å². The topological polar surface area (TPSA) is 65.2 Å². The number of pyridine rings is 1. The number of rotatable bonds is 1. The van der Waals surface area contributed by atoms with Crippen LogP contribution in [0, 0.1) is 0 Å². The first-order valence-electron chi connectivity index (χ1n) is 4.67. The van der Waals surface area contributed by atoms with E-state index in [1.54, 1.807) is 20.8 Å². The molecular formula is C10H11Cl3N2O2. The fourth-order valence-corrected chi connectivity index (χ4v) is 1.58. The molecule has 0 atom stereocenters. The Labute approximate surface area is 114 Å². The highest BCUT2D eigenvalue weighted by Crippen LogP contribution is 2.34. The quantitative estimate of drug-likeness (QED) is 0.635. The molecule has 0 aliphatic carbocycles. The smallest absolute Gasteiger partial charge is 0.359 e. The lowest BCUT2D eigenvalue weighted by molar-refractivity contribution is 0.00632. The highest BCUT2D eigenvalue weighted by atomic mass is 35.5. The van der Waals surface area contributed by atoms with Gasteiger partial charge in [-0.1, -0.05) is 34.8 Å². The number of nitrogens with zero attached hydrogens (tertiary/aromatic N) is 1. The zero-order chi connectivity index (χ0) is 13.4. The second-order valence-corrected chi connectivity index (χ2v) is 5.41.